The van der Waals surface area contributed by atoms with Gasteiger partial charge in [0.2, 0.25) is 18.2 Å². The van der Waals surface area contributed by atoms with Gasteiger partial charge in [0.25, 0.3) is 0 Å². The lowest BCUT2D eigenvalue weighted by Crippen LogP contribution is -2.50. The molecular weight excluding hydrogens is 514 g/mol. The van der Waals surface area contributed by atoms with Crippen LogP contribution >= 0.6 is 0 Å². The number of imide groups is 1. The zero-order valence-corrected chi connectivity index (χ0v) is 25.0. The van der Waals surface area contributed by atoms with E-state index in [1.165, 1.54) is 12.0 Å². The Labute approximate surface area is 245 Å². The van der Waals surface area contributed by atoms with E-state index in [2.05, 4.69) is 22.5 Å². The van der Waals surface area contributed by atoms with Crippen LogP contribution in [0.25, 0.3) is 6.08 Å². The van der Waals surface area contributed by atoms with E-state index in [0.29, 0.717) is 18.9 Å². The number of carbonyl (C=O) groups excluding carboxylic acids is 4. The quantitative estimate of drug-likeness (QED) is 0.131. The minimum Gasteiger partial charge on any atom is -0.352 e. The molecule has 3 rings (SSSR count). The molecule has 1 aliphatic carbocycles. The largest absolute Gasteiger partial charge is 0.352 e. The zero-order valence-electron chi connectivity index (χ0n) is 25.0. The Morgan fingerprint density at radius 2 is 1.56 bits per heavy atom. The second-order valence-electron chi connectivity index (χ2n) is 10.5. The van der Waals surface area contributed by atoms with E-state index in [1.54, 1.807) is 19.1 Å². The third-order valence-corrected chi connectivity index (χ3v) is 6.46. The fourth-order valence-electron chi connectivity index (χ4n) is 3.98. The van der Waals surface area contributed by atoms with Gasteiger partial charge < -0.3 is 10.6 Å². The summed E-state index contributed by atoms with van der Waals surface area (Å²) in [6.07, 6.45) is 9.68. The van der Waals surface area contributed by atoms with Gasteiger partial charge in [-0.05, 0) is 43.7 Å². The number of ketones is 1. The Bertz CT molecular complexity index is 1050. The van der Waals surface area contributed by atoms with Gasteiger partial charge >= 0.3 is 0 Å². The van der Waals surface area contributed by atoms with E-state index in [4.69, 9.17) is 0 Å². The molecule has 2 aromatic carbocycles. The number of aryl methyl sites for hydroxylation is 1. The van der Waals surface area contributed by atoms with Crippen molar-refractivity contribution in [2.75, 3.05) is 6.54 Å². The van der Waals surface area contributed by atoms with Gasteiger partial charge in [0.05, 0.1) is 6.04 Å². The lowest BCUT2D eigenvalue weighted by atomic mass is 9.75. The van der Waals surface area contributed by atoms with Crippen molar-refractivity contribution in [2.24, 2.45) is 11.8 Å². The van der Waals surface area contributed by atoms with Crippen LogP contribution in [0, 0.1) is 18.8 Å². The summed E-state index contributed by atoms with van der Waals surface area (Å²) in [5, 5.41) is 8.16. The van der Waals surface area contributed by atoms with Gasteiger partial charge in [0, 0.05) is 31.0 Å². The standard InChI is InChI=1S/C14H24N2O3.C14H17NO.C6H6/c1-9(2)16-13(11-5-4-6-11)14(19)10(3)7-12(18)15-8-17;1-3-4-11-15-14(16)10-9-13-7-5-12(2)6-8-13;1-2-4-6-5-3-1/h8-11,13,16H,4-7H2,1-3H3,(H,15,17,18);3,5-10H,1,4,11H2,2H3,(H,15,16);1-6H/b;10-9+;. The highest BCUT2D eigenvalue weighted by molar-refractivity contribution is 5.93. The van der Waals surface area contributed by atoms with Crippen molar-refractivity contribution >= 4 is 30.1 Å². The first-order chi connectivity index (χ1) is 19.7. The van der Waals surface area contributed by atoms with E-state index in [0.717, 1.165) is 24.8 Å². The Morgan fingerprint density at radius 3 is 2.02 bits per heavy atom. The second kappa shape index (κ2) is 21.0. The third kappa shape index (κ3) is 16.1. The van der Waals surface area contributed by atoms with Crippen LogP contribution in [0.2, 0.25) is 0 Å². The van der Waals surface area contributed by atoms with Gasteiger partial charge in [-0.2, -0.15) is 0 Å². The molecular formula is C34H47N3O4. The Morgan fingerprint density at radius 1 is 0.976 bits per heavy atom. The van der Waals surface area contributed by atoms with Crippen molar-refractivity contribution in [3.63, 3.8) is 0 Å². The summed E-state index contributed by atoms with van der Waals surface area (Å²) in [5.41, 5.74) is 2.25. The Kier molecular flexibility index (Phi) is 18.0. The summed E-state index contributed by atoms with van der Waals surface area (Å²) in [4.78, 5) is 45.3. The molecule has 1 saturated carbocycles. The van der Waals surface area contributed by atoms with Crippen LogP contribution in [0.4, 0.5) is 0 Å². The fourth-order valence-corrected chi connectivity index (χ4v) is 3.98. The average Bonchev–Trinajstić information content (AvgIpc) is 2.92. The number of hydrogen-bond acceptors (Lipinski definition) is 5. The summed E-state index contributed by atoms with van der Waals surface area (Å²) >= 11 is 0. The van der Waals surface area contributed by atoms with Crippen molar-refractivity contribution < 1.29 is 19.2 Å². The normalized spacial score (nSPS) is 13.8. The van der Waals surface area contributed by atoms with Gasteiger partial charge in [0.15, 0.2) is 5.78 Å². The van der Waals surface area contributed by atoms with Gasteiger partial charge in [-0.15, -0.1) is 6.58 Å². The van der Waals surface area contributed by atoms with E-state index >= 15 is 0 Å². The molecule has 222 valence electrons. The molecule has 1 fully saturated rings. The van der Waals surface area contributed by atoms with Crippen molar-refractivity contribution in [1.29, 1.82) is 0 Å². The van der Waals surface area contributed by atoms with Crippen LogP contribution in [-0.2, 0) is 19.2 Å². The van der Waals surface area contributed by atoms with Crippen LogP contribution in [-0.4, -0.2) is 42.6 Å². The van der Waals surface area contributed by atoms with E-state index < -0.39 is 5.91 Å². The number of Topliss-reactive ketones (excluding diaryl/α,β-unsaturated/α-hetero) is 1. The molecule has 0 radical (unpaired) electrons. The first-order valence-corrected chi connectivity index (χ1v) is 14.3. The maximum Gasteiger partial charge on any atom is 0.244 e. The minimum absolute atomic E-state index is 0.0672. The summed E-state index contributed by atoms with van der Waals surface area (Å²) < 4.78 is 0. The van der Waals surface area contributed by atoms with E-state index in [1.807, 2.05) is 87.5 Å². The van der Waals surface area contributed by atoms with Gasteiger partial charge in [-0.25, -0.2) is 0 Å². The molecule has 1 aliphatic rings. The molecule has 0 spiro atoms. The number of rotatable bonds is 13. The number of nitrogens with one attached hydrogen (secondary N) is 3. The van der Waals surface area contributed by atoms with Gasteiger partial charge in [-0.1, -0.05) is 99.5 Å². The predicted molar refractivity (Wildman–Crippen MR) is 167 cm³/mol. The van der Waals surface area contributed by atoms with Crippen LogP contribution in [0.1, 0.15) is 64.0 Å². The second-order valence-corrected chi connectivity index (χ2v) is 10.5. The molecule has 2 atom stereocenters. The highest BCUT2D eigenvalue weighted by atomic mass is 16.2. The van der Waals surface area contributed by atoms with Crippen molar-refractivity contribution in [3.8, 4) is 0 Å². The SMILES string of the molecule is C=CCCNC(=O)/C=C/c1ccc(C)cc1.CC(C)NC(C(=O)C(C)CC(=O)NC=O)C1CCC1.c1ccccc1. The van der Waals surface area contributed by atoms with Crippen LogP contribution in [0.5, 0.6) is 0 Å². The summed E-state index contributed by atoms with van der Waals surface area (Å²) in [5.74, 6) is -0.349. The van der Waals surface area contributed by atoms with Crippen LogP contribution in [0.15, 0.2) is 79.4 Å². The first kappa shape index (κ1) is 35.2. The number of carbonyl (C=O) groups is 4. The highest BCUT2D eigenvalue weighted by Gasteiger charge is 2.35. The molecule has 0 heterocycles. The average molecular weight is 562 g/mol. The molecule has 7 heteroatoms. The molecule has 2 unspecified atom stereocenters. The lowest BCUT2D eigenvalue weighted by molar-refractivity contribution is -0.132. The highest BCUT2D eigenvalue weighted by Crippen LogP contribution is 2.31. The number of hydrogen-bond donors (Lipinski definition) is 3. The summed E-state index contributed by atoms with van der Waals surface area (Å²) in [7, 11) is 0. The van der Waals surface area contributed by atoms with Gasteiger partial charge in [-0.3, -0.25) is 24.5 Å². The summed E-state index contributed by atoms with van der Waals surface area (Å²) in [6.45, 7) is 12.1. The van der Waals surface area contributed by atoms with Crippen LogP contribution < -0.4 is 16.0 Å². The van der Waals surface area contributed by atoms with Crippen molar-refractivity contribution in [3.05, 3.63) is 90.5 Å². The predicted octanol–water partition coefficient (Wildman–Crippen LogP) is 5.41. The molecule has 0 aromatic heterocycles. The smallest absolute Gasteiger partial charge is 0.244 e. The molecule has 41 heavy (non-hydrogen) atoms. The van der Waals surface area contributed by atoms with Crippen LogP contribution in [0.3, 0.4) is 0 Å². The van der Waals surface area contributed by atoms with Crippen molar-refractivity contribution in [2.45, 2.75) is 71.9 Å². The maximum absolute atomic E-state index is 12.4. The lowest BCUT2D eigenvalue weighted by Gasteiger charge is -2.35. The molecule has 0 saturated heterocycles. The Hall–Kier alpha value is -3.84. The van der Waals surface area contributed by atoms with E-state index in [9.17, 15) is 19.2 Å². The third-order valence-electron chi connectivity index (χ3n) is 6.46. The van der Waals surface area contributed by atoms with E-state index in [-0.39, 0.29) is 36.1 Å². The molecule has 0 aliphatic heterocycles. The molecule has 3 N–H and O–H groups in total. The summed E-state index contributed by atoms with van der Waals surface area (Å²) in [6, 6.07) is 20.1. The molecule has 0 bridgehead atoms. The van der Waals surface area contributed by atoms with Crippen molar-refractivity contribution in [1.82, 2.24) is 16.0 Å². The Balaban J connectivity index is 0.000000343. The molecule has 7 nitrogen and oxygen atoms in total. The monoisotopic (exact) mass is 561 g/mol. The maximum atomic E-state index is 12.4. The number of amides is 3. The zero-order chi connectivity index (χ0) is 30.5. The fraction of sp³-hybridized carbons (Fsp3) is 0.412. The first-order valence-electron chi connectivity index (χ1n) is 14.3. The van der Waals surface area contributed by atoms with Gasteiger partial charge in [0.1, 0.15) is 0 Å². The molecule has 2 aromatic rings. The number of benzene rings is 2. The minimum atomic E-state index is -0.396. The topological polar surface area (TPSA) is 104 Å². The molecule has 3 amide bonds.